The molecule has 1 unspecified atom stereocenters. The number of para-hydroxylation sites is 1. The highest BCUT2D eigenvalue weighted by Gasteiger charge is 2.15. The first-order valence-electron chi connectivity index (χ1n) is 6.74. The molecule has 4 heteroatoms. The molecule has 0 radical (unpaired) electrons. The van der Waals surface area contributed by atoms with Gasteiger partial charge in [-0.05, 0) is 32.5 Å². The van der Waals surface area contributed by atoms with Crippen molar-refractivity contribution in [2.24, 2.45) is 5.73 Å². The summed E-state index contributed by atoms with van der Waals surface area (Å²) in [6.45, 7) is 2.30. The van der Waals surface area contributed by atoms with Crippen LogP contribution in [0, 0.1) is 0 Å². The molecule has 4 nitrogen and oxygen atoms in total. The molecule has 0 amide bonds. The first-order chi connectivity index (χ1) is 9.22. The maximum absolute atomic E-state index is 5.59. The van der Waals surface area contributed by atoms with E-state index in [2.05, 4.69) is 18.0 Å². The van der Waals surface area contributed by atoms with Crippen LogP contribution in [0.4, 0.5) is 0 Å². The quantitative estimate of drug-likeness (QED) is 0.741. The van der Waals surface area contributed by atoms with Crippen LogP contribution in [-0.4, -0.2) is 45.4 Å². The fourth-order valence-corrected chi connectivity index (χ4v) is 2.21. The van der Waals surface area contributed by atoms with E-state index in [0.717, 1.165) is 38.3 Å². The van der Waals surface area contributed by atoms with Gasteiger partial charge in [0.2, 0.25) is 0 Å². The van der Waals surface area contributed by atoms with Crippen molar-refractivity contribution >= 4 is 0 Å². The zero-order chi connectivity index (χ0) is 14.1. The van der Waals surface area contributed by atoms with Crippen molar-refractivity contribution in [3.8, 4) is 5.75 Å². The van der Waals surface area contributed by atoms with Gasteiger partial charge in [0.1, 0.15) is 5.75 Å². The maximum atomic E-state index is 5.59. The lowest BCUT2D eigenvalue weighted by atomic mass is 10.1. The number of likely N-dealkylation sites (N-methyl/N-ethyl adjacent to an activating group) is 1. The molecule has 0 bridgehead atoms. The molecule has 0 aliphatic carbocycles. The van der Waals surface area contributed by atoms with Crippen molar-refractivity contribution in [3.63, 3.8) is 0 Å². The minimum absolute atomic E-state index is 0.387. The van der Waals surface area contributed by atoms with Crippen molar-refractivity contribution in [3.05, 3.63) is 29.8 Å². The third-order valence-electron chi connectivity index (χ3n) is 3.34. The molecule has 108 valence electrons. The van der Waals surface area contributed by atoms with Crippen LogP contribution < -0.4 is 10.5 Å². The molecule has 0 fully saturated rings. The Balaban J connectivity index is 2.66. The lowest BCUT2D eigenvalue weighted by Gasteiger charge is -2.28. The summed E-state index contributed by atoms with van der Waals surface area (Å²) in [4.78, 5) is 2.30. The smallest absolute Gasteiger partial charge is 0.123 e. The molecule has 1 aromatic rings. The third kappa shape index (κ3) is 5.19. The monoisotopic (exact) mass is 266 g/mol. The van der Waals surface area contributed by atoms with Crippen molar-refractivity contribution < 1.29 is 9.47 Å². The van der Waals surface area contributed by atoms with Gasteiger partial charge < -0.3 is 15.2 Å². The van der Waals surface area contributed by atoms with Gasteiger partial charge in [-0.15, -0.1) is 0 Å². The zero-order valence-corrected chi connectivity index (χ0v) is 12.3. The highest BCUT2D eigenvalue weighted by Crippen LogP contribution is 2.20. The zero-order valence-electron chi connectivity index (χ0n) is 12.3. The first kappa shape index (κ1) is 16.0. The van der Waals surface area contributed by atoms with Gasteiger partial charge >= 0.3 is 0 Å². The molecule has 1 rings (SSSR count). The molecule has 1 atom stereocenters. The molecule has 2 N–H and O–H groups in total. The lowest BCUT2D eigenvalue weighted by molar-refractivity contribution is 0.0957. The maximum Gasteiger partial charge on any atom is 0.123 e. The van der Waals surface area contributed by atoms with E-state index in [1.54, 1.807) is 14.2 Å². The second-order valence-corrected chi connectivity index (χ2v) is 4.77. The summed E-state index contributed by atoms with van der Waals surface area (Å²) < 4.78 is 10.7. The van der Waals surface area contributed by atoms with Crippen LogP contribution in [0.2, 0.25) is 0 Å². The predicted octanol–water partition coefficient (Wildman–Crippen LogP) is 1.88. The summed E-state index contributed by atoms with van der Waals surface area (Å²) in [7, 11) is 5.57. The molecule has 19 heavy (non-hydrogen) atoms. The molecular formula is C15H26N2O2. The molecule has 0 aliphatic heterocycles. The van der Waals surface area contributed by atoms with Gasteiger partial charge in [0, 0.05) is 25.3 Å². The second-order valence-electron chi connectivity index (χ2n) is 4.77. The van der Waals surface area contributed by atoms with Crippen LogP contribution in [0.3, 0.4) is 0 Å². The Bertz CT molecular complexity index is 358. The minimum Gasteiger partial charge on any atom is -0.496 e. The van der Waals surface area contributed by atoms with E-state index in [-0.39, 0.29) is 0 Å². The minimum atomic E-state index is 0.387. The highest BCUT2D eigenvalue weighted by molar-refractivity contribution is 5.33. The highest BCUT2D eigenvalue weighted by atomic mass is 16.5. The Morgan fingerprint density at radius 1 is 1.26 bits per heavy atom. The van der Waals surface area contributed by atoms with Gasteiger partial charge in [0.05, 0.1) is 13.7 Å². The summed E-state index contributed by atoms with van der Waals surface area (Å²) in [5.74, 6) is 0.935. The van der Waals surface area contributed by atoms with Crippen LogP contribution in [0.25, 0.3) is 0 Å². The van der Waals surface area contributed by atoms with E-state index in [0.29, 0.717) is 6.04 Å². The van der Waals surface area contributed by atoms with Crippen molar-refractivity contribution in [2.75, 3.05) is 34.4 Å². The van der Waals surface area contributed by atoms with E-state index in [9.17, 15) is 0 Å². The Kier molecular flexibility index (Phi) is 7.48. The van der Waals surface area contributed by atoms with E-state index >= 15 is 0 Å². The molecule has 0 saturated heterocycles. The molecule has 0 spiro atoms. The SMILES string of the molecule is COCC(CCCN)N(C)Cc1ccccc1OC. The second kappa shape index (κ2) is 8.91. The number of benzene rings is 1. The number of methoxy groups -OCH3 is 2. The standard InChI is InChI=1S/C15H26N2O2/c1-17(14(12-18-2)8-6-10-16)11-13-7-4-5-9-15(13)19-3/h4-5,7,9,14H,6,8,10-12,16H2,1-3H3. The number of nitrogens with zero attached hydrogens (tertiary/aromatic N) is 1. The summed E-state index contributed by atoms with van der Waals surface area (Å²) in [5.41, 5.74) is 6.79. The number of hydrogen-bond acceptors (Lipinski definition) is 4. The number of ether oxygens (including phenoxy) is 2. The molecule has 0 saturated carbocycles. The Morgan fingerprint density at radius 3 is 2.63 bits per heavy atom. The summed E-state index contributed by atoms with van der Waals surface area (Å²) in [5, 5.41) is 0. The van der Waals surface area contributed by atoms with Crippen molar-refractivity contribution in [1.29, 1.82) is 0 Å². The van der Waals surface area contributed by atoms with Crippen LogP contribution in [0.5, 0.6) is 5.75 Å². The molecule has 0 heterocycles. The molecule has 1 aromatic carbocycles. The van der Waals surface area contributed by atoms with Gasteiger partial charge in [-0.2, -0.15) is 0 Å². The first-order valence-corrected chi connectivity index (χ1v) is 6.74. The molecular weight excluding hydrogens is 240 g/mol. The lowest BCUT2D eigenvalue weighted by Crippen LogP contribution is -2.35. The Labute approximate surface area is 116 Å². The van der Waals surface area contributed by atoms with Gasteiger partial charge in [-0.25, -0.2) is 0 Å². The number of rotatable bonds is 9. The van der Waals surface area contributed by atoms with Gasteiger partial charge in [0.25, 0.3) is 0 Å². The third-order valence-corrected chi connectivity index (χ3v) is 3.34. The van der Waals surface area contributed by atoms with Crippen molar-refractivity contribution in [2.45, 2.75) is 25.4 Å². The van der Waals surface area contributed by atoms with Crippen LogP contribution >= 0.6 is 0 Å². The topological polar surface area (TPSA) is 47.7 Å². The Hall–Kier alpha value is -1.10. The number of hydrogen-bond donors (Lipinski definition) is 1. The van der Waals surface area contributed by atoms with E-state index in [4.69, 9.17) is 15.2 Å². The normalized spacial score (nSPS) is 12.7. The van der Waals surface area contributed by atoms with E-state index < -0.39 is 0 Å². The van der Waals surface area contributed by atoms with Gasteiger partial charge in [0.15, 0.2) is 0 Å². The predicted molar refractivity (Wildman–Crippen MR) is 78.4 cm³/mol. The summed E-state index contributed by atoms with van der Waals surface area (Å²) in [6, 6.07) is 8.51. The van der Waals surface area contributed by atoms with Crippen LogP contribution in [-0.2, 0) is 11.3 Å². The van der Waals surface area contributed by atoms with Gasteiger partial charge in [-0.3, -0.25) is 4.90 Å². The summed E-state index contributed by atoms with van der Waals surface area (Å²) >= 11 is 0. The molecule has 0 aromatic heterocycles. The van der Waals surface area contributed by atoms with Crippen LogP contribution in [0.15, 0.2) is 24.3 Å². The van der Waals surface area contributed by atoms with Crippen molar-refractivity contribution in [1.82, 2.24) is 4.90 Å². The fraction of sp³-hybridized carbons (Fsp3) is 0.600. The van der Waals surface area contributed by atoms with E-state index in [1.165, 1.54) is 5.56 Å². The van der Waals surface area contributed by atoms with Gasteiger partial charge in [-0.1, -0.05) is 18.2 Å². The van der Waals surface area contributed by atoms with E-state index in [1.807, 2.05) is 18.2 Å². The average molecular weight is 266 g/mol. The fourth-order valence-electron chi connectivity index (χ4n) is 2.21. The molecule has 0 aliphatic rings. The largest absolute Gasteiger partial charge is 0.496 e. The summed E-state index contributed by atoms with van der Waals surface area (Å²) in [6.07, 6.45) is 2.07. The number of nitrogens with two attached hydrogens (primary N) is 1. The average Bonchev–Trinajstić information content (AvgIpc) is 2.44. The Morgan fingerprint density at radius 2 is 2.00 bits per heavy atom. The van der Waals surface area contributed by atoms with Crippen LogP contribution in [0.1, 0.15) is 18.4 Å².